The first-order valence-corrected chi connectivity index (χ1v) is 8.19. The van der Waals surface area contributed by atoms with Crippen LogP contribution in [-0.4, -0.2) is 18.8 Å². The van der Waals surface area contributed by atoms with Crippen LogP contribution in [0.3, 0.4) is 0 Å². The van der Waals surface area contributed by atoms with Crippen LogP contribution in [0.25, 0.3) is 0 Å². The summed E-state index contributed by atoms with van der Waals surface area (Å²) >= 11 is 0. The number of aryl methyl sites for hydroxylation is 1. The Morgan fingerprint density at radius 2 is 1.83 bits per heavy atom. The van der Waals surface area contributed by atoms with Crippen molar-refractivity contribution in [2.75, 3.05) is 13.7 Å². The predicted octanol–water partition coefficient (Wildman–Crippen LogP) is 4.25. The number of ether oxygens (including phenoxy) is 1. The Labute approximate surface area is 139 Å². The molecule has 0 saturated carbocycles. The third-order valence-corrected chi connectivity index (χ3v) is 4.16. The maximum Gasteiger partial charge on any atom is 0.119 e. The number of unbranched alkanes of at least 4 members (excludes halogenated alkanes) is 1. The molecular weight excluding hydrogens is 286 g/mol. The second-order valence-corrected chi connectivity index (χ2v) is 6.41. The van der Waals surface area contributed by atoms with Gasteiger partial charge in [0.05, 0.1) is 7.11 Å². The minimum atomic E-state index is -0.0838. The Morgan fingerprint density at radius 1 is 1.04 bits per heavy atom. The minimum Gasteiger partial charge on any atom is -0.508 e. The van der Waals surface area contributed by atoms with Crippen LogP contribution < -0.4 is 10.1 Å². The molecule has 0 aliphatic heterocycles. The van der Waals surface area contributed by atoms with E-state index >= 15 is 0 Å². The fourth-order valence-electron chi connectivity index (χ4n) is 2.68. The quantitative estimate of drug-likeness (QED) is 0.716. The summed E-state index contributed by atoms with van der Waals surface area (Å²) in [7, 11) is 1.70. The van der Waals surface area contributed by atoms with Crippen molar-refractivity contribution in [3.63, 3.8) is 0 Å². The van der Waals surface area contributed by atoms with Crippen molar-refractivity contribution in [3.8, 4) is 11.5 Å². The molecule has 23 heavy (non-hydrogen) atoms. The first-order valence-electron chi connectivity index (χ1n) is 8.19. The van der Waals surface area contributed by atoms with E-state index < -0.39 is 0 Å². The number of benzene rings is 2. The van der Waals surface area contributed by atoms with Crippen LogP contribution in [0, 0.1) is 0 Å². The molecule has 0 spiro atoms. The Balaban J connectivity index is 1.78. The maximum atomic E-state index is 9.47. The van der Waals surface area contributed by atoms with E-state index in [0.29, 0.717) is 5.75 Å². The van der Waals surface area contributed by atoms with Crippen molar-refractivity contribution in [1.29, 1.82) is 0 Å². The van der Waals surface area contributed by atoms with Gasteiger partial charge in [0.15, 0.2) is 0 Å². The van der Waals surface area contributed by atoms with Crippen LogP contribution in [0.4, 0.5) is 0 Å². The number of aromatic hydroxyl groups is 1. The molecule has 0 atom stereocenters. The van der Waals surface area contributed by atoms with Crippen LogP contribution in [0.2, 0.25) is 0 Å². The standard InChI is InChI=1S/C20H27NO2/c1-20(2,17-10-7-12-19(15-17)23-3)21-13-5-4-8-16-9-6-11-18(22)14-16/h6-7,9-12,14-15,21-22H,4-5,8,13H2,1-3H3. The van der Waals surface area contributed by atoms with Crippen LogP contribution in [0.1, 0.15) is 37.8 Å². The molecule has 2 rings (SSSR count). The molecule has 0 heterocycles. The predicted molar refractivity (Wildman–Crippen MR) is 95.1 cm³/mol. The van der Waals surface area contributed by atoms with Gasteiger partial charge in [-0.05, 0) is 75.0 Å². The van der Waals surface area contributed by atoms with Crippen LogP contribution in [0.5, 0.6) is 11.5 Å². The van der Waals surface area contributed by atoms with Gasteiger partial charge in [-0.1, -0.05) is 24.3 Å². The molecule has 0 unspecified atom stereocenters. The van der Waals surface area contributed by atoms with E-state index in [1.165, 1.54) is 11.1 Å². The Kier molecular flexibility index (Phi) is 6.05. The lowest BCUT2D eigenvalue weighted by Gasteiger charge is -2.27. The van der Waals surface area contributed by atoms with E-state index in [-0.39, 0.29) is 5.54 Å². The summed E-state index contributed by atoms with van der Waals surface area (Å²) in [5.74, 6) is 1.24. The largest absolute Gasteiger partial charge is 0.508 e. The second-order valence-electron chi connectivity index (χ2n) is 6.41. The summed E-state index contributed by atoms with van der Waals surface area (Å²) in [6.45, 7) is 5.34. The first-order chi connectivity index (χ1) is 11.0. The van der Waals surface area contributed by atoms with Crippen LogP contribution in [0.15, 0.2) is 48.5 Å². The highest BCUT2D eigenvalue weighted by Crippen LogP contribution is 2.24. The zero-order valence-corrected chi connectivity index (χ0v) is 14.3. The van der Waals surface area contributed by atoms with Crippen molar-refractivity contribution in [1.82, 2.24) is 5.32 Å². The highest BCUT2D eigenvalue weighted by atomic mass is 16.5. The minimum absolute atomic E-state index is 0.0838. The van der Waals surface area contributed by atoms with Crippen LogP contribution in [-0.2, 0) is 12.0 Å². The molecule has 2 aromatic rings. The Morgan fingerprint density at radius 3 is 2.57 bits per heavy atom. The monoisotopic (exact) mass is 313 g/mol. The number of rotatable bonds is 8. The molecule has 0 bridgehead atoms. The number of phenols is 1. The van der Waals surface area contributed by atoms with Gasteiger partial charge in [-0.25, -0.2) is 0 Å². The van der Waals surface area contributed by atoms with E-state index in [1.54, 1.807) is 13.2 Å². The molecule has 0 aromatic heterocycles. The molecular formula is C20H27NO2. The summed E-state index contributed by atoms with van der Waals surface area (Å²) in [5, 5.41) is 13.1. The van der Waals surface area contributed by atoms with Crippen molar-refractivity contribution < 1.29 is 9.84 Å². The lowest BCUT2D eigenvalue weighted by Crippen LogP contribution is -2.37. The third-order valence-electron chi connectivity index (χ3n) is 4.16. The normalized spacial score (nSPS) is 11.4. The summed E-state index contributed by atoms with van der Waals surface area (Å²) in [6, 6.07) is 15.7. The van der Waals surface area contributed by atoms with E-state index in [0.717, 1.165) is 31.6 Å². The van der Waals surface area contributed by atoms with Gasteiger partial charge in [-0.2, -0.15) is 0 Å². The third kappa shape index (κ3) is 5.29. The van der Waals surface area contributed by atoms with Crippen LogP contribution >= 0.6 is 0 Å². The number of hydrogen-bond donors (Lipinski definition) is 2. The van der Waals surface area contributed by atoms with E-state index in [1.807, 2.05) is 24.3 Å². The summed E-state index contributed by atoms with van der Waals surface area (Å²) in [6.07, 6.45) is 3.20. The molecule has 3 nitrogen and oxygen atoms in total. The topological polar surface area (TPSA) is 41.5 Å². The van der Waals surface area contributed by atoms with Crippen molar-refractivity contribution >= 4 is 0 Å². The molecule has 3 heteroatoms. The summed E-state index contributed by atoms with van der Waals surface area (Å²) in [5.41, 5.74) is 2.33. The smallest absolute Gasteiger partial charge is 0.119 e. The molecule has 2 aromatic carbocycles. The van der Waals surface area contributed by atoms with Gasteiger partial charge < -0.3 is 15.2 Å². The number of nitrogens with one attached hydrogen (secondary N) is 1. The molecule has 0 fully saturated rings. The molecule has 2 N–H and O–H groups in total. The highest BCUT2D eigenvalue weighted by molar-refractivity contribution is 5.32. The van der Waals surface area contributed by atoms with Gasteiger partial charge in [0.25, 0.3) is 0 Å². The van der Waals surface area contributed by atoms with Gasteiger partial charge in [-0.3, -0.25) is 0 Å². The average molecular weight is 313 g/mol. The molecule has 0 aliphatic rings. The Hall–Kier alpha value is -2.00. The van der Waals surface area contributed by atoms with Gasteiger partial charge in [0, 0.05) is 5.54 Å². The first kappa shape index (κ1) is 17.4. The lowest BCUT2D eigenvalue weighted by atomic mass is 9.94. The number of phenolic OH excluding ortho intramolecular Hbond substituents is 1. The molecule has 0 radical (unpaired) electrons. The lowest BCUT2D eigenvalue weighted by molar-refractivity contribution is 0.387. The summed E-state index contributed by atoms with van der Waals surface area (Å²) in [4.78, 5) is 0. The van der Waals surface area contributed by atoms with Gasteiger partial charge in [-0.15, -0.1) is 0 Å². The zero-order valence-electron chi connectivity index (χ0n) is 14.3. The fourth-order valence-corrected chi connectivity index (χ4v) is 2.68. The second kappa shape index (κ2) is 8.02. The molecule has 0 amide bonds. The van der Waals surface area contributed by atoms with Gasteiger partial charge >= 0.3 is 0 Å². The van der Waals surface area contributed by atoms with Crippen molar-refractivity contribution in [2.45, 2.75) is 38.6 Å². The van der Waals surface area contributed by atoms with E-state index in [4.69, 9.17) is 4.74 Å². The fraction of sp³-hybridized carbons (Fsp3) is 0.400. The summed E-state index contributed by atoms with van der Waals surface area (Å²) < 4.78 is 5.30. The van der Waals surface area contributed by atoms with Crippen molar-refractivity contribution in [3.05, 3.63) is 59.7 Å². The average Bonchev–Trinajstić information content (AvgIpc) is 2.54. The SMILES string of the molecule is COc1cccc(C(C)(C)NCCCCc2cccc(O)c2)c1. The molecule has 124 valence electrons. The molecule has 0 aliphatic carbocycles. The van der Waals surface area contributed by atoms with Gasteiger partial charge in [0.1, 0.15) is 11.5 Å². The highest BCUT2D eigenvalue weighted by Gasteiger charge is 2.19. The maximum absolute atomic E-state index is 9.47. The molecule has 0 saturated heterocycles. The van der Waals surface area contributed by atoms with Gasteiger partial charge in [0.2, 0.25) is 0 Å². The van der Waals surface area contributed by atoms with Crippen molar-refractivity contribution in [2.24, 2.45) is 0 Å². The number of hydrogen-bond acceptors (Lipinski definition) is 3. The van der Waals surface area contributed by atoms with E-state index in [9.17, 15) is 5.11 Å². The zero-order chi connectivity index (χ0) is 16.7. The Bertz CT molecular complexity index is 623. The number of methoxy groups -OCH3 is 1. The van der Waals surface area contributed by atoms with E-state index in [2.05, 4.69) is 37.4 Å².